The Bertz CT molecular complexity index is 1610. The average molecular weight is 1260 g/mol. The molecule has 0 amide bonds. The molecule has 516 valence electrons. The van der Waals surface area contributed by atoms with Gasteiger partial charge in [0.05, 0.1) is 35.5 Å². The molecule has 0 atom stereocenters. The molecule has 0 aliphatic heterocycles. The summed E-state index contributed by atoms with van der Waals surface area (Å²) in [6.07, 6.45) is 46.2. The van der Waals surface area contributed by atoms with Gasteiger partial charge in [0.25, 0.3) is 0 Å². The van der Waals surface area contributed by atoms with Crippen LogP contribution >= 0.6 is 0 Å². The molecule has 89 heavy (non-hydrogen) atoms. The number of ether oxygens (including phenoxy) is 6. The fourth-order valence-corrected chi connectivity index (χ4v) is 14.5. The number of hydrogen-bond acceptors (Lipinski definition) is 14. The number of carbonyl (C=O) groups excluding carboxylic acids is 6. The van der Waals surface area contributed by atoms with Gasteiger partial charge in [0.2, 0.25) is 0 Å². The minimum Gasteiger partial charge on any atom is -0.465 e. The molecule has 0 aromatic carbocycles. The maximum absolute atomic E-state index is 13.3. The van der Waals surface area contributed by atoms with E-state index in [1.165, 1.54) is 103 Å². The lowest BCUT2D eigenvalue weighted by molar-refractivity contribution is -0.161. The van der Waals surface area contributed by atoms with Crippen molar-refractivity contribution in [2.45, 2.75) is 317 Å². The van der Waals surface area contributed by atoms with Crippen LogP contribution in [-0.4, -0.2) is 112 Å². The topological polar surface area (TPSA) is 181 Å². The van der Waals surface area contributed by atoms with E-state index in [0.717, 1.165) is 193 Å². The summed E-state index contributed by atoms with van der Waals surface area (Å²) in [4.78, 5) is 81.5. The third-order valence-corrected chi connectivity index (χ3v) is 20.7. The lowest BCUT2D eigenvalue weighted by atomic mass is 9.80. The molecule has 0 aromatic heterocycles. The molecule has 0 spiro atoms. The van der Waals surface area contributed by atoms with Crippen molar-refractivity contribution < 1.29 is 62.3 Å². The summed E-state index contributed by atoms with van der Waals surface area (Å²) in [5.74, 6) is 0.294. The molecule has 14 heteroatoms. The lowest BCUT2D eigenvalue weighted by Crippen LogP contribution is -2.31. The maximum atomic E-state index is 13.3. The molecule has 14 nitrogen and oxygen atoms in total. The van der Waals surface area contributed by atoms with Gasteiger partial charge in [-0.05, 0) is 172 Å². The molecule has 0 radical (unpaired) electrons. The van der Waals surface area contributed by atoms with Gasteiger partial charge in [-0.2, -0.15) is 0 Å². The summed E-state index contributed by atoms with van der Waals surface area (Å²) in [5, 5.41) is 9.62. The largest absolute Gasteiger partial charge is 0.465 e. The molecule has 0 heterocycles. The zero-order valence-corrected chi connectivity index (χ0v) is 57.5. The van der Waals surface area contributed by atoms with Crippen LogP contribution in [0.3, 0.4) is 0 Å². The summed E-state index contributed by atoms with van der Waals surface area (Å²) >= 11 is 0. The van der Waals surface area contributed by atoms with E-state index in [0.29, 0.717) is 36.5 Å². The molecule has 0 bridgehead atoms. The molecular formula is C75H133NO13. The average Bonchev–Trinajstić information content (AvgIpc) is 3.70. The highest BCUT2D eigenvalue weighted by Gasteiger charge is 2.33. The first-order valence-electron chi connectivity index (χ1n) is 37.8. The van der Waals surface area contributed by atoms with Crippen LogP contribution in [0.4, 0.5) is 0 Å². The Morgan fingerprint density at radius 2 is 0.562 bits per heavy atom. The second kappa shape index (κ2) is 50.3. The highest BCUT2D eigenvalue weighted by atomic mass is 16.6. The molecule has 4 fully saturated rings. The second-order valence-corrected chi connectivity index (χ2v) is 28.4. The predicted molar refractivity (Wildman–Crippen MR) is 355 cm³/mol. The Kier molecular flexibility index (Phi) is 44.1. The molecule has 1 N–H and O–H groups in total. The molecule has 4 aliphatic rings. The van der Waals surface area contributed by atoms with Crippen molar-refractivity contribution in [3.8, 4) is 0 Å². The maximum Gasteiger partial charge on any atom is 0.308 e. The summed E-state index contributed by atoms with van der Waals surface area (Å²) in [5.41, 5.74) is 0. The first-order chi connectivity index (χ1) is 43.4. The van der Waals surface area contributed by atoms with E-state index >= 15 is 0 Å². The SMILES string of the molecule is CCCCCC1CCC(C(=O)OCC(COC(=O)CCCCCCCN(CCCO)CCCCCCCC(=O)OCC(COC(=O)C2CCC(CCCCC)CC2)COC(=O)C2CCC(CCCCC)CC2)COC(=O)C2CCC(CCCCC)CC2)CC1. The number of hydrogen-bond donors (Lipinski definition) is 1. The van der Waals surface area contributed by atoms with E-state index in [2.05, 4.69) is 32.6 Å². The Balaban J connectivity index is 1.09. The van der Waals surface area contributed by atoms with E-state index in [9.17, 15) is 33.9 Å². The van der Waals surface area contributed by atoms with E-state index in [1.807, 2.05) is 0 Å². The van der Waals surface area contributed by atoms with Crippen LogP contribution in [0.15, 0.2) is 0 Å². The third kappa shape index (κ3) is 36.1. The molecule has 4 rings (SSSR count). The van der Waals surface area contributed by atoms with Crippen LogP contribution in [-0.2, 0) is 57.2 Å². The molecule has 4 saturated carbocycles. The van der Waals surface area contributed by atoms with Crippen LogP contribution in [0.5, 0.6) is 0 Å². The van der Waals surface area contributed by atoms with Gasteiger partial charge < -0.3 is 38.4 Å². The Morgan fingerprint density at radius 3 is 0.831 bits per heavy atom. The monoisotopic (exact) mass is 1260 g/mol. The lowest BCUT2D eigenvalue weighted by Gasteiger charge is -2.28. The molecule has 0 saturated heterocycles. The van der Waals surface area contributed by atoms with Gasteiger partial charge >= 0.3 is 35.8 Å². The molecule has 0 unspecified atom stereocenters. The van der Waals surface area contributed by atoms with Crippen LogP contribution in [0.1, 0.15) is 317 Å². The van der Waals surface area contributed by atoms with Gasteiger partial charge in [-0.15, -0.1) is 0 Å². The highest BCUT2D eigenvalue weighted by Crippen LogP contribution is 2.37. The van der Waals surface area contributed by atoms with E-state index in [1.54, 1.807) is 0 Å². The minimum absolute atomic E-state index is 0.0521. The number of carbonyl (C=O) groups is 6. The summed E-state index contributed by atoms with van der Waals surface area (Å²) in [6.45, 7) is 12.3. The van der Waals surface area contributed by atoms with Gasteiger partial charge in [0.1, 0.15) is 39.6 Å². The van der Waals surface area contributed by atoms with Crippen molar-refractivity contribution in [2.75, 3.05) is 65.9 Å². The zero-order chi connectivity index (χ0) is 63.9. The van der Waals surface area contributed by atoms with Crippen molar-refractivity contribution in [2.24, 2.45) is 59.2 Å². The number of unbranched alkanes of at least 4 members (excludes halogenated alkanes) is 16. The van der Waals surface area contributed by atoms with Crippen LogP contribution in [0, 0.1) is 59.2 Å². The fraction of sp³-hybridized carbons (Fsp3) is 0.920. The number of rotatable bonds is 51. The standard InChI is InChI=1S/C75H133NO13/c1-5-9-19-28-60-34-42-66(43-35-60)72(80)86-56-64(57-87-73(81)67-44-36-61(37-45-67)29-20-10-6-2)54-84-70(78)32-23-15-13-17-25-50-76(52-27-53-77)51-26-18-14-16-24-33-71(79)85-55-65(58-88-74(82)68-46-38-62(39-47-68)30-21-11-7-3)59-89-75(83)69-48-40-63(41-49-69)31-22-12-8-4/h60-69,77H,5-59H2,1-4H3. The fourth-order valence-electron chi connectivity index (χ4n) is 14.5. The minimum atomic E-state index is -0.409. The Labute approximate surface area is 542 Å². The van der Waals surface area contributed by atoms with Crippen molar-refractivity contribution in [1.29, 1.82) is 0 Å². The van der Waals surface area contributed by atoms with Crippen molar-refractivity contribution in [3.05, 3.63) is 0 Å². The number of nitrogens with zero attached hydrogens (tertiary/aromatic N) is 1. The van der Waals surface area contributed by atoms with Gasteiger partial charge in [-0.3, -0.25) is 28.8 Å². The van der Waals surface area contributed by atoms with Crippen LogP contribution in [0.2, 0.25) is 0 Å². The Morgan fingerprint density at radius 1 is 0.315 bits per heavy atom. The predicted octanol–water partition coefficient (Wildman–Crippen LogP) is 17.4. The first kappa shape index (κ1) is 78.2. The van der Waals surface area contributed by atoms with E-state index in [-0.39, 0.29) is 106 Å². The summed E-state index contributed by atoms with van der Waals surface area (Å²) < 4.78 is 35.0. The highest BCUT2D eigenvalue weighted by molar-refractivity contribution is 5.74. The third-order valence-electron chi connectivity index (χ3n) is 20.7. The quantitative estimate of drug-likeness (QED) is 0.0345. The number of aliphatic hydroxyl groups excluding tert-OH is 1. The molecular weight excluding hydrogens is 1120 g/mol. The van der Waals surface area contributed by atoms with Crippen molar-refractivity contribution in [3.63, 3.8) is 0 Å². The normalized spacial score (nSPS) is 22.9. The van der Waals surface area contributed by atoms with E-state index < -0.39 is 11.8 Å². The smallest absolute Gasteiger partial charge is 0.308 e. The van der Waals surface area contributed by atoms with Crippen molar-refractivity contribution in [1.82, 2.24) is 4.90 Å². The molecule has 4 aliphatic carbocycles. The zero-order valence-electron chi connectivity index (χ0n) is 57.5. The van der Waals surface area contributed by atoms with Crippen LogP contribution < -0.4 is 0 Å². The first-order valence-corrected chi connectivity index (χ1v) is 37.8. The van der Waals surface area contributed by atoms with Crippen LogP contribution in [0.25, 0.3) is 0 Å². The van der Waals surface area contributed by atoms with Gasteiger partial charge in [-0.25, -0.2) is 0 Å². The number of aliphatic hydroxyl groups is 1. The Hall–Kier alpha value is -3.26. The summed E-state index contributed by atoms with van der Waals surface area (Å²) in [7, 11) is 0. The van der Waals surface area contributed by atoms with Gasteiger partial charge in [-0.1, -0.05) is 169 Å². The molecule has 0 aromatic rings. The second-order valence-electron chi connectivity index (χ2n) is 28.4. The summed E-state index contributed by atoms with van der Waals surface area (Å²) in [6, 6.07) is 0. The number of esters is 6. The van der Waals surface area contributed by atoms with Crippen molar-refractivity contribution >= 4 is 35.8 Å². The van der Waals surface area contributed by atoms with E-state index in [4.69, 9.17) is 28.4 Å². The van der Waals surface area contributed by atoms with Gasteiger partial charge in [0, 0.05) is 26.0 Å². The van der Waals surface area contributed by atoms with Gasteiger partial charge in [0.15, 0.2) is 0 Å².